The summed E-state index contributed by atoms with van der Waals surface area (Å²) in [4.78, 5) is 22.9. The Balaban J connectivity index is 1.45. The first kappa shape index (κ1) is 23.6. The van der Waals surface area contributed by atoms with Crippen LogP contribution in [0.5, 0.6) is 5.75 Å². The fraction of sp³-hybridized carbons (Fsp3) is 0.320. The van der Waals surface area contributed by atoms with E-state index in [4.69, 9.17) is 27.9 Å². The summed E-state index contributed by atoms with van der Waals surface area (Å²) < 4.78 is 20.3. The number of benzene rings is 2. The zero-order chi connectivity index (χ0) is 24.7. The van der Waals surface area contributed by atoms with Crippen molar-refractivity contribution < 1.29 is 13.9 Å². The molecule has 3 aromatic rings. The lowest BCUT2D eigenvalue weighted by Crippen LogP contribution is -2.49. The fourth-order valence-corrected chi connectivity index (χ4v) is 5.51. The first-order valence-electron chi connectivity index (χ1n) is 11.3. The molecule has 2 aliphatic rings. The standard InChI is InChI=1S/C25H24Cl2FN5O2/c1-3-22(34)33-14-4-5-15(33)9-13(8-14)31-20-10-16-19(11-21(20)35-2)29-12-30-25(16)32-18-7-6-17(26)23(27)24(18)28/h3,6-7,10-15,31H,1,4-5,8-9H2,2H3,(H,29,30,32). The maximum absolute atomic E-state index is 14.7. The summed E-state index contributed by atoms with van der Waals surface area (Å²) in [5.74, 6) is 0.403. The number of halogens is 3. The SMILES string of the molecule is C=CC(=O)N1C2CCC1CC(Nc1cc3c(Nc4ccc(Cl)c(Cl)c4F)ncnc3cc1OC)C2. The number of aromatic nitrogens is 2. The quantitative estimate of drug-likeness (QED) is 0.312. The van der Waals surface area contributed by atoms with Crippen LogP contribution < -0.4 is 15.4 Å². The van der Waals surface area contributed by atoms with E-state index in [0.29, 0.717) is 22.5 Å². The summed E-state index contributed by atoms with van der Waals surface area (Å²) in [5, 5.41) is 7.27. The molecule has 2 aliphatic heterocycles. The summed E-state index contributed by atoms with van der Waals surface area (Å²) in [6, 6.07) is 7.31. The van der Waals surface area contributed by atoms with E-state index in [2.05, 4.69) is 27.2 Å². The van der Waals surface area contributed by atoms with Crippen LogP contribution >= 0.6 is 23.2 Å². The second-order valence-corrected chi connectivity index (χ2v) is 9.57. The topological polar surface area (TPSA) is 79.4 Å². The molecule has 1 aromatic heterocycles. The van der Waals surface area contributed by atoms with Gasteiger partial charge in [0.2, 0.25) is 5.91 Å². The first-order chi connectivity index (χ1) is 16.9. The Labute approximate surface area is 212 Å². The lowest BCUT2D eigenvalue weighted by atomic mass is 9.96. The Kier molecular flexibility index (Phi) is 6.42. The summed E-state index contributed by atoms with van der Waals surface area (Å²) in [5.41, 5.74) is 1.57. The van der Waals surface area contributed by atoms with Gasteiger partial charge in [0.05, 0.1) is 34.0 Å². The van der Waals surface area contributed by atoms with Crippen LogP contribution in [-0.2, 0) is 4.79 Å². The molecule has 2 bridgehead atoms. The number of methoxy groups -OCH3 is 1. The Bertz CT molecular complexity index is 1310. The number of ether oxygens (including phenoxy) is 1. The first-order valence-corrected chi connectivity index (χ1v) is 12.1. The van der Waals surface area contributed by atoms with Gasteiger partial charge < -0.3 is 20.3 Å². The van der Waals surface area contributed by atoms with E-state index in [-0.39, 0.29) is 39.8 Å². The molecule has 0 spiro atoms. The number of carbonyl (C=O) groups is 1. The third-order valence-corrected chi connectivity index (χ3v) is 7.55. The van der Waals surface area contributed by atoms with Crippen molar-refractivity contribution in [1.29, 1.82) is 0 Å². The van der Waals surface area contributed by atoms with Crippen molar-refractivity contribution in [1.82, 2.24) is 14.9 Å². The number of amides is 1. The predicted octanol–water partition coefficient (Wildman–Crippen LogP) is 5.95. The maximum Gasteiger partial charge on any atom is 0.246 e. The highest BCUT2D eigenvalue weighted by molar-refractivity contribution is 6.42. The van der Waals surface area contributed by atoms with Gasteiger partial charge in [0.25, 0.3) is 0 Å². The lowest BCUT2D eigenvalue weighted by molar-refractivity contribution is -0.130. The van der Waals surface area contributed by atoms with Crippen LogP contribution in [0.15, 0.2) is 43.2 Å². The van der Waals surface area contributed by atoms with Crippen molar-refractivity contribution in [3.05, 3.63) is 59.1 Å². The zero-order valence-electron chi connectivity index (χ0n) is 19.0. The summed E-state index contributed by atoms with van der Waals surface area (Å²) in [6.45, 7) is 3.65. The highest BCUT2D eigenvalue weighted by Gasteiger charge is 2.42. The molecule has 2 N–H and O–H groups in total. The number of carbonyl (C=O) groups excluding carboxylic acids is 1. The van der Waals surface area contributed by atoms with Gasteiger partial charge in [-0.15, -0.1) is 0 Å². The molecule has 0 radical (unpaired) electrons. The van der Waals surface area contributed by atoms with Crippen molar-refractivity contribution in [3.8, 4) is 5.75 Å². The minimum Gasteiger partial charge on any atom is -0.495 e. The summed E-state index contributed by atoms with van der Waals surface area (Å²) in [7, 11) is 1.60. The second-order valence-electron chi connectivity index (χ2n) is 8.79. The van der Waals surface area contributed by atoms with E-state index in [1.165, 1.54) is 24.5 Å². The van der Waals surface area contributed by atoms with Gasteiger partial charge >= 0.3 is 0 Å². The van der Waals surface area contributed by atoms with Crippen LogP contribution in [-0.4, -0.2) is 46.0 Å². The second kappa shape index (κ2) is 9.51. The van der Waals surface area contributed by atoms with E-state index in [1.807, 2.05) is 17.0 Å². The molecule has 1 amide bonds. The van der Waals surface area contributed by atoms with Gasteiger partial charge in [0, 0.05) is 29.6 Å². The molecule has 182 valence electrons. The molecule has 0 saturated carbocycles. The third kappa shape index (κ3) is 4.36. The number of anilines is 3. The van der Waals surface area contributed by atoms with Gasteiger partial charge in [-0.25, -0.2) is 14.4 Å². The molecule has 7 nitrogen and oxygen atoms in total. The average Bonchev–Trinajstić information content (AvgIpc) is 3.13. The normalized spacial score (nSPS) is 21.1. The molecule has 2 fully saturated rings. The van der Waals surface area contributed by atoms with Gasteiger partial charge in [-0.05, 0) is 50.0 Å². The zero-order valence-corrected chi connectivity index (χ0v) is 20.5. The highest BCUT2D eigenvalue weighted by Crippen LogP contribution is 2.40. The molecular formula is C25H24Cl2FN5O2. The lowest BCUT2D eigenvalue weighted by Gasteiger charge is -2.39. The van der Waals surface area contributed by atoms with Gasteiger partial charge in [0.1, 0.15) is 17.9 Å². The van der Waals surface area contributed by atoms with Crippen molar-refractivity contribution in [2.75, 3.05) is 17.7 Å². The Morgan fingerprint density at radius 3 is 2.63 bits per heavy atom. The fourth-order valence-electron chi connectivity index (χ4n) is 5.20. The van der Waals surface area contributed by atoms with Crippen molar-refractivity contribution in [3.63, 3.8) is 0 Å². The third-order valence-electron chi connectivity index (χ3n) is 6.77. The Morgan fingerprint density at radius 1 is 1.20 bits per heavy atom. The molecule has 35 heavy (non-hydrogen) atoms. The van der Waals surface area contributed by atoms with Gasteiger partial charge in [0.15, 0.2) is 5.82 Å². The highest BCUT2D eigenvalue weighted by atomic mass is 35.5. The number of nitrogens with zero attached hydrogens (tertiary/aromatic N) is 3. The van der Waals surface area contributed by atoms with Crippen LogP contribution in [0.3, 0.4) is 0 Å². The van der Waals surface area contributed by atoms with Gasteiger partial charge in [-0.1, -0.05) is 29.8 Å². The summed E-state index contributed by atoms with van der Waals surface area (Å²) >= 11 is 11.9. The Morgan fingerprint density at radius 2 is 1.94 bits per heavy atom. The monoisotopic (exact) mass is 515 g/mol. The molecule has 2 aromatic carbocycles. The average molecular weight is 516 g/mol. The number of rotatable bonds is 6. The van der Waals surface area contributed by atoms with Gasteiger partial charge in [-0.2, -0.15) is 0 Å². The minimum absolute atomic E-state index is 0.00151. The van der Waals surface area contributed by atoms with Crippen LogP contribution in [0, 0.1) is 5.82 Å². The number of fused-ring (bicyclic) bond motifs is 3. The molecular weight excluding hydrogens is 492 g/mol. The Hall–Kier alpha value is -3.10. The smallest absolute Gasteiger partial charge is 0.246 e. The minimum atomic E-state index is -0.658. The molecule has 3 heterocycles. The van der Waals surface area contributed by atoms with Crippen molar-refractivity contribution in [2.24, 2.45) is 0 Å². The molecule has 0 aliphatic carbocycles. The van der Waals surface area contributed by atoms with E-state index >= 15 is 0 Å². The molecule has 2 unspecified atom stereocenters. The molecule has 2 saturated heterocycles. The van der Waals surface area contributed by atoms with E-state index in [1.54, 1.807) is 7.11 Å². The van der Waals surface area contributed by atoms with Crippen molar-refractivity contribution in [2.45, 2.75) is 43.8 Å². The van der Waals surface area contributed by atoms with E-state index in [9.17, 15) is 9.18 Å². The van der Waals surface area contributed by atoms with Crippen molar-refractivity contribution >= 4 is 57.2 Å². The molecule has 5 rings (SSSR count). The maximum atomic E-state index is 14.7. The van der Waals surface area contributed by atoms with E-state index in [0.717, 1.165) is 31.4 Å². The van der Waals surface area contributed by atoms with Crippen LogP contribution in [0.2, 0.25) is 10.0 Å². The molecule has 10 heteroatoms. The number of piperidine rings is 1. The number of hydrogen-bond acceptors (Lipinski definition) is 6. The van der Waals surface area contributed by atoms with Gasteiger partial charge in [-0.3, -0.25) is 4.79 Å². The number of nitrogens with one attached hydrogen (secondary N) is 2. The van der Waals surface area contributed by atoms with Crippen LogP contribution in [0.25, 0.3) is 10.9 Å². The largest absolute Gasteiger partial charge is 0.495 e. The predicted molar refractivity (Wildman–Crippen MR) is 136 cm³/mol. The summed E-state index contributed by atoms with van der Waals surface area (Å²) in [6.07, 6.45) is 6.46. The molecule has 2 atom stereocenters. The number of hydrogen-bond donors (Lipinski definition) is 2. The van der Waals surface area contributed by atoms with Crippen LogP contribution in [0.1, 0.15) is 25.7 Å². The van der Waals surface area contributed by atoms with Crippen LogP contribution in [0.4, 0.5) is 21.6 Å². The van der Waals surface area contributed by atoms with E-state index < -0.39 is 5.82 Å².